The van der Waals surface area contributed by atoms with Crippen molar-refractivity contribution in [2.45, 2.75) is 52.4 Å². The first kappa shape index (κ1) is 15.5. The lowest BCUT2D eigenvalue weighted by Gasteiger charge is -2.41. The topological polar surface area (TPSA) is 63.4 Å². The van der Waals surface area contributed by atoms with Crippen LogP contribution in [0.25, 0.3) is 5.78 Å². The minimum absolute atomic E-state index is 0.157. The predicted molar refractivity (Wildman–Crippen MR) is 90.6 cm³/mol. The molecule has 4 rings (SSSR count). The van der Waals surface area contributed by atoms with Crippen LogP contribution in [0.5, 0.6) is 0 Å². The van der Waals surface area contributed by atoms with E-state index in [0.717, 1.165) is 36.8 Å². The summed E-state index contributed by atoms with van der Waals surface area (Å²) in [5.74, 6) is 2.86. The van der Waals surface area contributed by atoms with Crippen LogP contribution in [0.3, 0.4) is 0 Å². The lowest BCUT2D eigenvalue weighted by molar-refractivity contribution is -0.133. The van der Waals surface area contributed by atoms with E-state index in [1.807, 2.05) is 24.8 Å². The standard InChI is InChI=1S/C18H25N5O/c1-12-9-13(2)23-18(19-12)20-16(21-23)10-17(24)22-8-7-14-5-3-4-6-15(14)11-22/h9,14-15H,3-8,10-11H2,1-2H3/t14-,15-/m1/s1. The van der Waals surface area contributed by atoms with Gasteiger partial charge in [-0.15, -0.1) is 5.10 Å². The highest BCUT2D eigenvalue weighted by molar-refractivity contribution is 5.78. The summed E-state index contributed by atoms with van der Waals surface area (Å²) in [5.41, 5.74) is 1.91. The number of aromatic nitrogens is 4. The maximum Gasteiger partial charge on any atom is 0.252 e. The average molecular weight is 327 g/mol. The maximum atomic E-state index is 12.7. The van der Waals surface area contributed by atoms with E-state index in [0.29, 0.717) is 17.5 Å². The molecule has 1 saturated carbocycles. The summed E-state index contributed by atoms with van der Waals surface area (Å²) >= 11 is 0. The number of nitrogens with zero attached hydrogens (tertiary/aromatic N) is 5. The summed E-state index contributed by atoms with van der Waals surface area (Å²) in [5, 5.41) is 4.47. The molecule has 0 radical (unpaired) electrons. The largest absolute Gasteiger partial charge is 0.342 e. The predicted octanol–water partition coefficient (Wildman–Crippen LogP) is 2.32. The van der Waals surface area contributed by atoms with Crippen LogP contribution < -0.4 is 0 Å². The second kappa shape index (κ2) is 6.15. The van der Waals surface area contributed by atoms with E-state index in [2.05, 4.69) is 15.1 Å². The van der Waals surface area contributed by atoms with Crippen LogP contribution in [0.1, 0.15) is 49.3 Å². The molecule has 0 spiro atoms. The van der Waals surface area contributed by atoms with Crippen LogP contribution in [0, 0.1) is 25.7 Å². The molecular formula is C18H25N5O. The van der Waals surface area contributed by atoms with Gasteiger partial charge >= 0.3 is 0 Å². The number of likely N-dealkylation sites (tertiary alicyclic amines) is 1. The Morgan fingerprint density at radius 2 is 1.96 bits per heavy atom. The molecule has 2 fully saturated rings. The molecule has 24 heavy (non-hydrogen) atoms. The average Bonchev–Trinajstić information content (AvgIpc) is 2.97. The summed E-state index contributed by atoms with van der Waals surface area (Å²) in [6.07, 6.45) is 6.76. The molecule has 0 unspecified atom stereocenters. The van der Waals surface area contributed by atoms with Crippen molar-refractivity contribution in [3.63, 3.8) is 0 Å². The summed E-state index contributed by atoms with van der Waals surface area (Å²) in [6, 6.07) is 1.97. The van der Waals surface area contributed by atoms with E-state index in [1.54, 1.807) is 4.52 Å². The smallest absolute Gasteiger partial charge is 0.252 e. The van der Waals surface area contributed by atoms with E-state index >= 15 is 0 Å². The molecule has 2 aromatic heterocycles. The first-order valence-electron chi connectivity index (χ1n) is 9.08. The van der Waals surface area contributed by atoms with Gasteiger partial charge in [-0.2, -0.15) is 4.98 Å². The van der Waals surface area contributed by atoms with Crippen molar-refractivity contribution in [3.05, 3.63) is 23.3 Å². The Hall–Kier alpha value is -1.98. The lowest BCUT2D eigenvalue weighted by Crippen LogP contribution is -2.45. The molecule has 0 aromatic carbocycles. The number of carbonyl (C=O) groups is 1. The number of carbonyl (C=O) groups excluding carboxylic acids is 1. The fraction of sp³-hybridized carbons (Fsp3) is 0.667. The summed E-state index contributed by atoms with van der Waals surface area (Å²) < 4.78 is 1.73. The van der Waals surface area contributed by atoms with E-state index in [4.69, 9.17) is 0 Å². The zero-order valence-corrected chi connectivity index (χ0v) is 14.5. The monoisotopic (exact) mass is 327 g/mol. The minimum atomic E-state index is 0.157. The fourth-order valence-electron chi connectivity index (χ4n) is 4.36. The van der Waals surface area contributed by atoms with Gasteiger partial charge in [0.1, 0.15) is 0 Å². The van der Waals surface area contributed by atoms with Crippen molar-refractivity contribution >= 4 is 11.7 Å². The molecule has 1 aliphatic heterocycles. The fourth-order valence-corrected chi connectivity index (χ4v) is 4.36. The van der Waals surface area contributed by atoms with Gasteiger partial charge in [0.15, 0.2) is 5.82 Å². The molecule has 2 aromatic rings. The Balaban J connectivity index is 1.47. The molecule has 1 saturated heterocycles. The molecule has 1 aliphatic carbocycles. The quantitative estimate of drug-likeness (QED) is 0.849. The molecule has 3 heterocycles. The van der Waals surface area contributed by atoms with E-state index in [9.17, 15) is 4.79 Å². The van der Waals surface area contributed by atoms with Gasteiger partial charge in [0, 0.05) is 24.5 Å². The number of aryl methyl sites for hydroxylation is 2. The minimum Gasteiger partial charge on any atom is -0.342 e. The maximum absolute atomic E-state index is 12.7. The zero-order valence-electron chi connectivity index (χ0n) is 14.5. The van der Waals surface area contributed by atoms with Gasteiger partial charge < -0.3 is 4.90 Å². The van der Waals surface area contributed by atoms with Crippen LogP contribution in [0.4, 0.5) is 0 Å². The number of piperidine rings is 1. The van der Waals surface area contributed by atoms with Gasteiger partial charge in [0.05, 0.1) is 6.42 Å². The first-order chi connectivity index (χ1) is 11.6. The second-order valence-corrected chi connectivity index (χ2v) is 7.39. The molecule has 6 nitrogen and oxygen atoms in total. The number of amides is 1. The highest BCUT2D eigenvalue weighted by atomic mass is 16.2. The van der Waals surface area contributed by atoms with Crippen molar-refractivity contribution in [1.82, 2.24) is 24.5 Å². The van der Waals surface area contributed by atoms with Crippen molar-refractivity contribution in [1.29, 1.82) is 0 Å². The molecule has 0 N–H and O–H groups in total. The van der Waals surface area contributed by atoms with Crippen molar-refractivity contribution in [3.8, 4) is 0 Å². The van der Waals surface area contributed by atoms with Gasteiger partial charge in [-0.05, 0) is 44.6 Å². The summed E-state index contributed by atoms with van der Waals surface area (Å²) in [6.45, 7) is 5.74. The van der Waals surface area contributed by atoms with Gasteiger partial charge in [-0.1, -0.05) is 19.3 Å². The van der Waals surface area contributed by atoms with Crippen LogP contribution >= 0.6 is 0 Å². The van der Waals surface area contributed by atoms with Gasteiger partial charge in [0.25, 0.3) is 5.78 Å². The Bertz CT molecular complexity index is 768. The number of rotatable bonds is 2. The van der Waals surface area contributed by atoms with Crippen LogP contribution in [-0.4, -0.2) is 43.5 Å². The van der Waals surface area contributed by atoms with Gasteiger partial charge in [-0.25, -0.2) is 9.50 Å². The Morgan fingerprint density at radius 1 is 1.17 bits per heavy atom. The van der Waals surface area contributed by atoms with E-state index in [1.165, 1.54) is 25.7 Å². The molecule has 128 valence electrons. The van der Waals surface area contributed by atoms with Crippen molar-refractivity contribution in [2.75, 3.05) is 13.1 Å². The normalized spacial score (nSPS) is 24.2. The van der Waals surface area contributed by atoms with Crippen LogP contribution in [0.2, 0.25) is 0 Å². The Morgan fingerprint density at radius 3 is 2.79 bits per heavy atom. The third-order valence-electron chi connectivity index (χ3n) is 5.62. The van der Waals surface area contributed by atoms with Crippen LogP contribution in [-0.2, 0) is 11.2 Å². The van der Waals surface area contributed by atoms with Crippen molar-refractivity contribution in [2.24, 2.45) is 11.8 Å². The molecule has 0 bridgehead atoms. The molecule has 6 heteroatoms. The highest BCUT2D eigenvalue weighted by Gasteiger charge is 2.33. The first-order valence-corrected chi connectivity index (χ1v) is 9.08. The molecule has 2 atom stereocenters. The van der Waals surface area contributed by atoms with Gasteiger partial charge in [-0.3, -0.25) is 4.79 Å². The Kier molecular flexibility index (Phi) is 3.98. The summed E-state index contributed by atoms with van der Waals surface area (Å²) in [4.78, 5) is 23.6. The number of hydrogen-bond acceptors (Lipinski definition) is 4. The number of hydrogen-bond donors (Lipinski definition) is 0. The highest BCUT2D eigenvalue weighted by Crippen LogP contribution is 2.36. The third-order valence-corrected chi connectivity index (χ3v) is 5.62. The van der Waals surface area contributed by atoms with E-state index < -0.39 is 0 Å². The SMILES string of the molecule is Cc1cc(C)n2nc(CC(=O)N3CC[C@H]4CCCC[C@@H]4C3)nc2n1. The lowest BCUT2D eigenvalue weighted by atomic mass is 9.75. The Labute approximate surface area is 142 Å². The molecule has 1 amide bonds. The zero-order chi connectivity index (χ0) is 16.7. The molecule has 2 aliphatic rings. The second-order valence-electron chi connectivity index (χ2n) is 7.39. The van der Waals surface area contributed by atoms with E-state index in [-0.39, 0.29) is 12.3 Å². The third kappa shape index (κ3) is 2.89. The number of fused-ring (bicyclic) bond motifs is 2. The van der Waals surface area contributed by atoms with Crippen molar-refractivity contribution < 1.29 is 4.79 Å². The van der Waals surface area contributed by atoms with Crippen LogP contribution in [0.15, 0.2) is 6.07 Å². The summed E-state index contributed by atoms with van der Waals surface area (Å²) in [7, 11) is 0. The molecular weight excluding hydrogens is 302 g/mol. The van der Waals surface area contributed by atoms with Gasteiger partial charge in [0.2, 0.25) is 5.91 Å².